The van der Waals surface area contributed by atoms with Crippen LogP contribution in [0.25, 0.3) is 11.0 Å². The molecular weight excluding hydrogens is 517 g/mol. The molecule has 4 heterocycles. The van der Waals surface area contributed by atoms with Crippen molar-refractivity contribution in [2.75, 3.05) is 50.0 Å². The number of ether oxygens (including phenoxy) is 1. The summed E-state index contributed by atoms with van der Waals surface area (Å²) in [6.45, 7) is 4.32. The molecule has 13 heteroatoms. The molecule has 12 nitrogen and oxygen atoms in total. The molecule has 0 bridgehead atoms. The smallest absolute Gasteiger partial charge is 0.268 e. The van der Waals surface area contributed by atoms with Gasteiger partial charge in [-0.15, -0.1) is 0 Å². The molecule has 1 aliphatic heterocycles. The lowest BCUT2D eigenvalue weighted by molar-refractivity contribution is 0.0383. The molecule has 2 fully saturated rings. The highest BCUT2D eigenvalue weighted by molar-refractivity contribution is 6.03. The van der Waals surface area contributed by atoms with Crippen LogP contribution in [0.2, 0.25) is 0 Å². The van der Waals surface area contributed by atoms with E-state index in [1.807, 2.05) is 0 Å². The molecule has 3 aromatic heterocycles. The third-order valence-corrected chi connectivity index (χ3v) is 7.62. The van der Waals surface area contributed by atoms with Gasteiger partial charge in [0.1, 0.15) is 17.2 Å². The number of aromatic nitrogens is 3. The Morgan fingerprint density at radius 3 is 2.70 bits per heavy atom. The minimum absolute atomic E-state index is 0.00598. The highest BCUT2D eigenvalue weighted by atomic mass is 19.1. The number of nitrogens with one attached hydrogen (secondary N) is 3. The molecular formula is C27H36FN9O3. The van der Waals surface area contributed by atoms with Crippen LogP contribution in [0.3, 0.4) is 0 Å². The Balaban J connectivity index is 1.38. The van der Waals surface area contributed by atoms with E-state index in [1.54, 1.807) is 29.9 Å². The second-order valence-electron chi connectivity index (χ2n) is 10.3. The maximum atomic E-state index is 15.0. The monoisotopic (exact) mass is 553 g/mol. The van der Waals surface area contributed by atoms with Crippen molar-refractivity contribution in [2.45, 2.75) is 37.8 Å². The van der Waals surface area contributed by atoms with Gasteiger partial charge in [0, 0.05) is 56.9 Å². The van der Waals surface area contributed by atoms with Gasteiger partial charge in [-0.3, -0.25) is 14.5 Å². The number of aryl methyl sites for hydroxylation is 1. The quantitative estimate of drug-likeness (QED) is 0.265. The van der Waals surface area contributed by atoms with Gasteiger partial charge in [-0.25, -0.2) is 14.4 Å². The van der Waals surface area contributed by atoms with Crippen LogP contribution in [0, 0.1) is 5.82 Å². The highest BCUT2D eigenvalue weighted by Gasteiger charge is 2.25. The van der Waals surface area contributed by atoms with Gasteiger partial charge in [0.15, 0.2) is 11.6 Å². The van der Waals surface area contributed by atoms with Gasteiger partial charge in [0.05, 0.1) is 24.5 Å². The van der Waals surface area contributed by atoms with Crippen molar-refractivity contribution < 1.29 is 18.7 Å². The van der Waals surface area contributed by atoms with E-state index in [4.69, 9.17) is 16.2 Å². The van der Waals surface area contributed by atoms with Crippen LogP contribution in [-0.2, 0) is 11.8 Å². The van der Waals surface area contributed by atoms with Crippen molar-refractivity contribution in [3.8, 4) is 0 Å². The number of fused-ring (bicyclic) bond motifs is 1. The summed E-state index contributed by atoms with van der Waals surface area (Å²) in [5, 5.41) is 9.85. The van der Waals surface area contributed by atoms with E-state index in [0.29, 0.717) is 42.2 Å². The first-order chi connectivity index (χ1) is 19.3. The summed E-state index contributed by atoms with van der Waals surface area (Å²) in [5.41, 5.74) is 13.2. The van der Waals surface area contributed by atoms with Crippen LogP contribution in [0.5, 0.6) is 0 Å². The molecule has 1 saturated heterocycles. The fraction of sp³-hybridized carbons (Fsp3) is 0.481. The van der Waals surface area contributed by atoms with Crippen molar-refractivity contribution in [3.05, 3.63) is 41.5 Å². The van der Waals surface area contributed by atoms with E-state index in [9.17, 15) is 14.0 Å². The predicted octanol–water partition coefficient (Wildman–Crippen LogP) is 1.69. The van der Waals surface area contributed by atoms with Crippen molar-refractivity contribution in [1.82, 2.24) is 24.8 Å². The molecule has 0 aromatic carbocycles. The number of nitrogens with zero attached hydrogens (tertiary/aromatic N) is 4. The summed E-state index contributed by atoms with van der Waals surface area (Å²) < 4.78 is 22.0. The molecule has 2 amide bonds. The van der Waals surface area contributed by atoms with E-state index < -0.39 is 11.7 Å². The molecule has 214 valence electrons. The van der Waals surface area contributed by atoms with Crippen LogP contribution < -0.4 is 27.4 Å². The van der Waals surface area contributed by atoms with E-state index in [1.165, 1.54) is 0 Å². The Bertz CT molecular complexity index is 1390. The van der Waals surface area contributed by atoms with Crippen molar-refractivity contribution in [1.29, 1.82) is 0 Å². The zero-order valence-electron chi connectivity index (χ0n) is 22.6. The molecule has 1 aliphatic carbocycles. The Hall–Kier alpha value is -3.81. The minimum Gasteiger partial charge on any atom is -0.379 e. The average molecular weight is 554 g/mol. The fourth-order valence-corrected chi connectivity index (χ4v) is 5.30. The van der Waals surface area contributed by atoms with Crippen molar-refractivity contribution in [2.24, 2.45) is 18.5 Å². The zero-order chi connectivity index (χ0) is 28.2. The molecule has 3 aromatic rings. The largest absolute Gasteiger partial charge is 0.379 e. The van der Waals surface area contributed by atoms with Gasteiger partial charge in [-0.05, 0) is 31.0 Å². The number of halogens is 1. The van der Waals surface area contributed by atoms with E-state index in [0.717, 1.165) is 51.4 Å². The van der Waals surface area contributed by atoms with E-state index >= 15 is 0 Å². The number of morpholine rings is 1. The van der Waals surface area contributed by atoms with Gasteiger partial charge in [0.2, 0.25) is 0 Å². The number of anilines is 3. The number of rotatable bonds is 9. The first kappa shape index (κ1) is 27.7. The molecule has 2 aliphatic rings. The average Bonchev–Trinajstić information content (AvgIpc) is 3.29. The number of carbonyl (C=O) groups excluding carboxylic acids is 2. The third kappa shape index (κ3) is 6.01. The zero-order valence-corrected chi connectivity index (χ0v) is 22.6. The lowest BCUT2D eigenvalue weighted by Gasteiger charge is -2.30. The Labute approximate surface area is 231 Å². The predicted molar refractivity (Wildman–Crippen MR) is 150 cm³/mol. The Morgan fingerprint density at radius 2 is 1.95 bits per heavy atom. The van der Waals surface area contributed by atoms with Crippen LogP contribution >= 0.6 is 0 Å². The summed E-state index contributed by atoms with van der Waals surface area (Å²) in [6, 6.07) is 4.24. The van der Waals surface area contributed by atoms with Crippen molar-refractivity contribution in [3.63, 3.8) is 0 Å². The highest BCUT2D eigenvalue weighted by Crippen LogP contribution is 2.30. The first-order valence-electron chi connectivity index (χ1n) is 13.6. The van der Waals surface area contributed by atoms with Gasteiger partial charge in [0.25, 0.3) is 11.8 Å². The third-order valence-electron chi connectivity index (χ3n) is 7.62. The maximum absolute atomic E-state index is 15.0. The van der Waals surface area contributed by atoms with Gasteiger partial charge >= 0.3 is 0 Å². The van der Waals surface area contributed by atoms with Crippen LogP contribution in [-0.4, -0.2) is 82.7 Å². The van der Waals surface area contributed by atoms with Crippen molar-refractivity contribution >= 4 is 40.2 Å². The molecule has 1 saturated carbocycles. The Kier molecular flexibility index (Phi) is 8.43. The molecule has 0 spiro atoms. The number of hydrogen-bond donors (Lipinski definition) is 5. The summed E-state index contributed by atoms with van der Waals surface area (Å²) in [5.74, 6) is -1.66. The Morgan fingerprint density at radius 1 is 1.18 bits per heavy atom. The summed E-state index contributed by atoms with van der Waals surface area (Å²) >= 11 is 0. The molecule has 2 atom stereocenters. The van der Waals surface area contributed by atoms with E-state index in [2.05, 4.69) is 30.8 Å². The van der Waals surface area contributed by atoms with Crippen LogP contribution in [0.4, 0.5) is 21.7 Å². The molecule has 0 unspecified atom stereocenters. The van der Waals surface area contributed by atoms with Gasteiger partial charge in [-0.1, -0.05) is 12.8 Å². The SMILES string of the molecule is Cn1c(C(=O)NCCN2CCOCC2)cc2c(Nc3nc(N[C@@H]4CCCC[C@@H]4N)c(F)cc3C(N)=O)ccnc21. The standard InChI is InChI=1S/C27H36FN9O3/c1-36-22(27(39)32-8-9-37-10-12-40-13-11-37)15-16-20(6-7-31-26(16)36)33-24-17(23(30)38)14-18(28)25(35-24)34-21-5-3-2-4-19(21)29/h6-7,14-15,19,21H,2-5,8-13,29H2,1H3,(H2,30,38)(H,32,39)(H2,31,33,34,35)/t19-,21+/m0/s1. The molecule has 5 rings (SSSR count). The topological polar surface area (TPSA) is 165 Å². The summed E-state index contributed by atoms with van der Waals surface area (Å²) in [4.78, 5) is 36.3. The number of primary amides is 1. The second kappa shape index (κ2) is 12.1. The minimum atomic E-state index is -0.825. The fourth-order valence-electron chi connectivity index (χ4n) is 5.30. The van der Waals surface area contributed by atoms with E-state index in [-0.39, 0.29) is 35.2 Å². The van der Waals surface area contributed by atoms with Gasteiger partial charge in [-0.2, -0.15) is 0 Å². The molecule has 7 N–H and O–H groups in total. The number of carbonyl (C=O) groups is 2. The van der Waals surface area contributed by atoms with Crippen LogP contribution in [0.15, 0.2) is 24.4 Å². The summed E-state index contributed by atoms with van der Waals surface area (Å²) in [7, 11) is 1.76. The van der Waals surface area contributed by atoms with Gasteiger partial charge < -0.3 is 36.7 Å². The molecule has 40 heavy (non-hydrogen) atoms. The maximum Gasteiger partial charge on any atom is 0.268 e. The number of nitrogens with two attached hydrogens (primary N) is 2. The summed E-state index contributed by atoms with van der Waals surface area (Å²) in [6.07, 6.45) is 5.25. The lowest BCUT2D eigenvalue weighted by atomic mass is 9.91. The van der Waals surface area contributed by atoms with Crippen LogP contribution in [0.1, 0.15) is 46.5 Å². The number of pyridine rings is 2. The normalized spacial score (nSPS) is 19.9. The lowest BCUT2D eigenvalue weighted by Crippen LogP contribution is -2.43. The number of hydrogen-bond acceptors (Lipinski definition) is 9. The molecule has 0 radical (unpaired) electrons. The first-order valence-corrected chi connectivity index (χ1v) is 13.6. The number of amides is 2. The second-order valence-corrected chi connectivity index (χ2v) is 10.3.